The molecule has 0 bridgehead atoms. The lowest BCUT2D eigenvalue weighted by Gasteiger charge is -2.27. The van der Waals surface area contributed by atoms with E-state index >= 15 is 0 Å². The van der Waals surface area contributed by atoms with Crippen LogP contribution in [0.3, 0.4) is 0 Å². The van der Waals surface area contributed by atoms with Crippen molar-refractivity contribution in [2.45, 2.75) is 67.2 Å². The van der Waals surface area contributed by atoms with Gasteiger partial charge in [0.05, 0.1) is 49.2 Å². The summed E-state index contributed by atoms with van der Waals surface area (Å²) in [5.74, 6) is -2.93. The van der Waals surface area contributed by atoms with Gasteiger partial charge in [0.25, 0.3) is 11.8 Å². The molecule has 0 spiro atoms. The van der Waals surface area contributed by atoms with Gasteiger partial charge in [-0.1, -0.05) is 50.2 Å². The minimum Gasteiger partial charge on any atom is -0.492 e. The molecule has 4 amide bonds. The number of hydrogen-bond donors (Lipinski definition) is 6. The highest BCUT2D eigenvalue weighted by atomic mass is 16.5. The number of benzene rings is 4. The molecule has 0 aliphatic heterocycles. The lowest BCUT2D eigenvalue weighted by molar-refractivity contribution is -0.124. The second-order valence-corrected chi connectivity index (χ2v) is 14.1. The topological polar surface area (TPSA) is 212 Å². The Labute approximate surface area is 372 Å². The number of nitrogens with one attached hydrogen (secondary N) is 6. The molecule has 0 saturated carbocycles. The fourth-order valence-electron chi connectivity index (χ4n) is 6.49. The Bertz CT molecular complexity index is 2260. The maximum absolute atomic E-state index is 14.9. The number of carbonyl (C=O) groups is 6. The first kappa shape index (κ1) is 47.4. The Kier molecular flexibility index (Phi) is 17.0. The molecular formula is C48H54N6O10. The lowest BCUT2D eigenvalue weighted by atomic mass is 9.97. The van der Waals surface area contributed by atoms with Gasteiger partial charge < -0.3 is 50.8 Å². The van der Waals surface area contributed by atoms with E-state index in [2.05, 4.69) is 31.9 Å². The van der Waals surface area contributed by atoms with Crippen LogP contribution in [0.5, 0.6) is 23.0 Å². The molecule has 64 heavy (non-hydrogen) atoms. The standard InChI is InChI=1S/C48H54N6O10/c1-7-19-39(55)53-43-41(49-31-25-37(63-11-5)33(27-35(31)61-9-3)51-47(59)29-21-15-13-16-22-29)46(58)44(54-40(56)20-8-2)42(45(43)57)50-32-26-38(64-12-6)34(28-36(32)62-10-4)52-48(60)30-23-17-14-18-24-30/h13-18,21-28,49-50H,7-12,19-20H2,1-6H3,(H,51,59)(H,52,60)(H,53,55)(H,54,56). The molecule has 5 rings (SSSR count). The monoisotopic (exact) mass is 874 g/mol. The quantitative estimate of drug-likeness (QED) is 0.0419. The Morgan fingerprint density at radius 1 is 0.422 bits per heavy atom. The minimum absolute atomic E-state index is 0.0156. The van der Waals surface area contributed by atoms with Crippen LogP contribution in [-0.2, 0) is 19.2 Å². The Morgan fingerprint density at radius 2 is 0.734 bits per heavy atom. The number of rotatable bonds is 22. The van der Waals surface area contributed by atoms with Gasteiger partial charge >= 0.3 is 0 Å². The molecule has 6 N–H and O–H groups in total. The molecule has 0 fully saturated rings. The zero-order valence-corrected chi connectivity index (χ0v) is 36.8. The average Bonchev–Trinajstić information content (AvgIpc) is 3.28. The van der Waals surface area contributed by atoms with Gasteiger partial charge in [-0.15, -0.1) is 0 Å². The SMILES string of the molecule is CCCC(=O)NC1=C(Nc2cc(OCC)c(NC(=O)c3ccccc3)cc2OCC)C(=O)C(NC(=O)CCC)=C(Nc2cc(OCC)c(NC(=O)c3ccccc3)cc2OCC)C1=O. The molecule has 1 aliphatic rings. The van der Waals surface area contributed by atoms with Crippen LogP contribution in [0.2, 0.25) is 0 Å². The van der Waals surface area contributed by atoms with Gasteiger partial charge in [0.15, 0.2) is 0 Å². The number of hydrogen-bond acceptors (Lipinski definition) is 12. The van der Waals surface area contributed by atoms with Crippen molar-refractivity contribution in [3.05, 3.63) is 119 Å². The van der Waals surface area contributed by atoms with Crippen molar-refractivity contribution in [3.8, 4) is 23.0 Å². The highest BCUT2D eigenvalue weighted by molar-refractivity contribution is 6.28. The van der Waals surface area contributed by atoms with E-state index in [0.29, 0.717) is 24.0 Å². The summed E-state index contributed by atoms with van der Waals surface area (Å²) in [6, 6.07) is 23.2. The zero-order chi connectivity index (χ0) is 46.2. The Morgan fingerprint density at radius 3 is 1.05 bits per heavy atom. The molecule has 4 aromatic carbocycles. The largest absolute Gasteiger partial charge is 0.492 e. The average molecular weight is 875 g/mol. The predicted octanol–water partition coefficient (Wildman–Crippen LogP) is 7.72. The van der Waals surface area contributed by atoms with Gasteiger partial charge in [0.1, 0.15) is 45.8 Å². The molecule has 16 heteroatoms. The van der Waals surface area contributed by atoms with E-state index in [1.54, 1.807) is 102 Å². The normalized spacial score (nSPS) is 12.3. The van der Waals surface area contributed by atoms with Crippen LogP contribution in [0.15, 0.2) is 108 Å². The second kappa shape index (κ2) is 23.0. The van der Waals surface area contributed by atoms with Crippen LogP contribution < -0.4 is 50.8 Å². The molecule has 1 aliphatic carbocycles. The number of Topliss-reactive ketones (excluding diaryl/α,β-unsaturated/α-hetero) is 2. The summed E-state index contributed by atoms with van der Waals surface area (Å²) in [5, 5.41) is 17.0. The van der Waals surface area contributed by atoms with E-state index in [9.17, 15) is 28.8 Å². The first-order valence-electron chi connectivity index (χ1n) is 21.3. The number of ether oxygens (including phenoxy) is 4. The molecule has 16 nitrogen and oxygen atoms in total. The third-order valence-electron chi connectivity index (χ3n) is 9.34. The van der Waals surface area contributed by atoms with Crippen molar-refractivity contribution < 1.29 is 47.7 Å². The smallest absolute Gasteiger partial charge is 0.255 e. The van der Waals surface area contributed by atoms with Crippen molar-refractivity contribution in [1.29, 1.82) is 0 Å². The summed E-state index contributed by atoms with van der Waals surface area (Å²) >= 11 is 0. The molecule has 0 heterocycles. The molecule has 0 atom stereocenters. The van der Waals surface area contributed by atoms with Crippen LogP contribution in [0.4, 0.5) is 22.7 Å². The van der Waals surface area contributed by atoms with Crippen molar-refractivity contribution in [3.63, 3.8) is 0 Å². The maximum Gasteiger partial charge on any atom is 0.255 e. The summed E-state index contributed by atoms with van der Waals surface area (Å²) in [4.78, 5) is 83.0. The van der Waals surface area contributed by atoms with Crippen molar-refractivity contribution >= 4 is 57.9 Å². The fourth-order valence-corrected chi connectivity index (χ4v) is 6.49. The molecule has 0 radical (unpaired) electrons. The van der Waals surface area contributed by atoms with E-state index in [1.807, 2.05) is 0 Å². The third kappa shape index (κ3) is 11.8. The van der Waals surface area contributed by atoms with Crippen LogP contribution in [0.1, 0.15) is 87.9 Å². The number of amides is 4. The van der Waals surface area contributed by atoms with Crippen LogP contribution in [-0.4, -0.2) is 61.6 Å². The second-order valence-electron chi connectivity index (χ2n) is 14.1. The number of ketones is 2. The van der Waals surface area contributed by atoms with Gasteiger partial charge in [-0.3, -0.25) is 28.8 Å². The minimum atomic E-state index is -0.866. The fraction of sp³-hybridized carbons (Fsp3) is 0.292. The zero-order valence-electron chi connectivity index (χ0n) is 36.8. The van der Waals surface area contributed by atoms with E-state index < -0.39 is 46.6 Å². The molecule has 0 aromatic heterocycles. The molecule has 336 valence electrons. The molecular weight excluding hydrogens is 821 g/mol. The van der Waals surface area contributed by atoms with Gasteiger partial charge in [-0.25, -0.2) is 0 Å². The van der Waals surface area contributed by atoms with Crippen molar-refractivity contribution in [1.82, 2.24) is 10.6 Å². The van der Waals surface area contributed by atoms with Crippen LogP contribution >= 0.6 is 0 Å². The molecule has 0 saturated heterocycles. The first-order chi connectivity index (χ1) is 31.0. The van der Waals surface area contributed by atoms with Crippen LogP contribution in [0.25, 0.3) is 0 Å². The highest BCUT2D eigenvalue weighted by Gasteiger charge is 2.38. The van der Waals surface area contributed by atoms with Crippen LogP contribution in [0, 0.1) is 0 Å². The van der Waals surface area contributed by atoms with Gasteiger partial charge in [-0.05, 0) is 64.8 Å². The van der Waals surface area contributed by atoms with Crippen molar-refractivity contribution in [2.24, 2.45) is 0 Å². The summed E-state index contributed by atoms with van der Waals surface area (Å²) < 4.78 is 23.8. The summed E-state index contributed by atoms with van der Waals surface area (Å²) in [6.07, 6.45) is 0.886. The van der Waals surface area contributed by atoms with Gasteiger partial charge in [-0.2, -0.15) is 0 Å². The van der Waals surface area contributed by atoms with Gasteiger partial charge in [0, 0.05) is 48.2 Å². The van der Waals surface area contributed by atoms with Gasteiger partial charge in [0.2, 0.25) is 23.4 Å². The molecule has 4 aromatic rings. The lowest BCUT2D eigenvalue weighted by Crippen LogP contribution is -2.42. The summed E-state index contributed by atoms with van der Waals surface area (Å²) in [7, 11) is 0. The highest BCUT2D eigenvalue weighted by Crippen LogP contribution is 2.41. The predicted molar refractivity (Wildman–Crippen MR) is 244 cm³/mol. The van der Waals surface area contributed by atoms with E-state index in [4.69, 9.17) is 18.9 Å². The Hall–Kier alpha value is -7.62. The van der Waals surface area contributed by atoms with E-state index in [-0.39, 0.29) is 96.4 Å². The number of carbonyl (C=O) groups excluding carboxylic acids is 6. The molecule has 0 unspecified atom stereocenters. The van der Waals surface area contributed by atoms with E-state index in [1.165, 1.54) is 24.3 Å². The summed E-state index contributed by atoms with van der Waals surface area (Å²) in [6.45, 7) is 11.3. The number of anilines is 4. The van der Waals surface area contributed by atoms with E-state index in [0.717, 1.165) is 0 Å². The summed E-state index contributed by atoms with van der Waals surface area (Å²) in [5.41, 5.74) is 0.0184. The first-order valence-corrected chi connectivity index (χ1v) is 21.3. The third-order valence-corrected chi connectivity index (χ3v) is 9.34. The Balaban J connectivity index is 1.65. The van der Waals surface area contributed by atoms with Crippen molar-refractivity contribution in [2.75, 3.05) is 47.7 Å². The maximum atomic E-state index is 14.9.